The van der Waals surface area contributed by atoms with Gasteiger partial charge in [-0.3, -0.25) is 0 Å². The van der Waals surface area contributed by atoms with Gasteiger partial charge in [-0.15, -0.1) is 0 Å². The maximum absolute atomic E-state index is 6.66. The molecule has 0 saturated heterocycles. The van der Waals surface area contributed by atoms with Gasteiger partial charge in [-0.25, -0.2) is 0 Å². The first kappa shape index (κ1) is 43.8. The predicted molar refractivity (Wildman–Crippen MR) is 322 cm³/mol. The maximum Gasteiger partial charge on any atom is 0.143 e. The average Bonchev–Trinajstić information content (AvgIpc) is 4.11. The van der Waals surface area contributed by atoms with Crippen molar-refractivity contribution in [2.75, 3.05) is 9.80 Å². The second-order valence-corrected chi connectivity index (χ2v) is 20.8. The highest BCUT2D eigenvalue weighted by Gasteiger charge is 2.37. The predicted octanol–water partition coefficient (Wildman–Crippen LogP) is 20.8. The molecule has 0 unspecified atom stereocenters. The number of nitrogens with zero attached hydrogens (tertiary/aromatic N) is 2. The minimum Gasteiger partial charge on any atom is -0.455 e. The van der Waals surface area contributed by atoms with E-state index in [4.69, 9.17) is 4.42 Å². The molecule has 0 bridgehead atoms. The first-order chi connectivity index (χ1) is 37.5. The minimum absolute atomic E-state index is 0.298. The standard InChI is InChI=1S/C73H50N2O/c1-73(2)68-45-52(74(49-18-5-3-6-19-49)50-20-7-4-8-21-50)37-40-61(68)62-41-38-53(46-69(62)73)75(70-43-42-59(57-25-13-14-27-63(57)70)65-29-17-30-66-64-28-15-16-31-71(64)76-72(65)66)51-35-32-47(33-36-51)48-34-39-60-56-24-10-9-22-54(56)55-23-11-12-26-58(55)67(60)44-48/h3-46H,1-2H3. The lowest BCUT2D eigenvalue weighted by Crippen LogP contribution is -2.17. The van der Waals surface area contributed by atoms with Gasteiger partial charge >= 0.3 is 0 Å². The molecule has 1 aliphatic rings. The molecule has 0 saturated carbocycles. The van der Waals surface area contributed by atoms with E-state index in [1.54, 1.807) is 0 Å². The quantitative estimate of drug-likeness (QED) is 0.142. The van der Waals surface area contributed by atoms with E-state index in [9.17, 15) is 0 Å². The molecular formula is C73H50N2O. The van der Waals surface area contributed by atoms with Crippen LogP contribution in [-0.4, -0.2) is 0 Å². The van der Waals surface area contributed by atoms with Gasteiger partial charge in [0.1, 0.15) is 11.2 Å². The molecule has 1 aromatic heterocycles. The Labute approximate surface area is 441 Å². The van der Waals surface area contributed by atoms with Gasteiger partial charge in [0.15, 0.2) is 0 Å². The summed E-state index contributed by atoms with van der Waals surface area (Å²) in [4.78, 5) is 4.83. The lowest BCUT2D eigenvalue weighted by atomic mass is 9.82. The van der Waals surface area contributed by atoms with E-state index in [0.717, 1.165) is 78.0 Å². The summed E-state index contributed by atoms with van der Waals surface area (Å²) >= 11 is 0. The summed E-state index contributed by atoms with van der Waals surface area (Å²) in [6.45, 7) is 4.77. The Morgan fingerprint density at radius 1 is 0.276 bits per heavy atom. The molecule has 1 aliphatic carbocycles. The Bertz CT molecular complexity index is 4530. The molecule has 14 aromatic rings. The van der Waals surface area contributed by atoms with Crippen molar-refractivity contribution < 1.29 is 4.42 Å². The van der Waals surface area contributed by atoms with Crippen LogP contribution in [0.2, 0.25) is 0 Å². The van der Waals surface area contributed by atoms with E-state index < -0.39 is 0 Å². The highest BCUT2D eigenvalue weighted by molar-refractivity contribution is 6.26. The smallest absolute Gasteiger partial charge is 0.143 e. The summed E-state index contributed by atoms with van der Waals surface area (Å²) in [5, 5.41) is 12.2. The zero-order chi connectivity index (χ0) is 50.5. The number of hydrogen-bond acceptors (Lipinski definition) is 3. The Hall–Kier alpha value is -9.70. The number of fused-ring (bicyclic) bond motifs is 13. The minimum atomic E-state index is -0.298. The van der Waals surface area contributed by atoms with Crippen LogP contribution in [0.4, 0.5) is 34.1 Å². The van der Waals surface area contributed by atoms with E-state index in [1.807, 2.05) is 6.07 Å². The monoisotopic (exact) mass is 970 g/mol. The molecule has 76 heavy (non-hydrogen) atoms. The number of rotatable bonds is 8. The molecule has 0 fully saturated rings. The molecule has 358 valence electrons. The van der Waals surface area contributed by atoms with Gasteiger partial charge in [0.2, 0.25) is 0 Å². The number of para-hydroxylation sites is 4. The summed E-state index contributed by atoms with van der Waals surface area (Å²) in [7, 11) is 0. The summed E-state index contributed by atoms with van der Waals surface area (Å²) in [6, 6.07) is 97.7. The number of anilines is 6. The number of hydrogen-bond donors (Lipinski definition) is 0. The molecule has 0 radical (unpaired) electrons. The third kappa shape index (κ3) is 6.82. The normalized spacial score (nSPS) is 12.7. The first-order valence-electron chi connectivity index (χ1n) is 26.3. The van der Waals surface area contributed by atoms with Crippen LogP contribution in [0.25, 0.3) is 98.4 Å². The molecule has 3 nitrogen and oxygen atoms in total. The molecule has 0 atom stereocenters. The molecule has 0 aliphatic heterocycles. The summed E-state index contributed by atoms with van der Waals surface area (Å²) in [5.74, 6) is 0. The fourth-order valence-corrected chi connectivity index (χ4v) is 12.6. The SMILES string of the molecule is CC1(C)c2cc(N(c3ccccc3)c3ccccc3)ccc2-c2ccc(N(c3ccc(-c4ccc5c6ccccc6c6ccccc6c5c4)cc3)c3ccc(-c4cccc5c4oc4ccccc45)c4ccccc34)cc21. The Kier molecular flexibility index (Phi) is 9.92. The Morgan fingerprint density at radius 2 is 0.737 bits per heavy atom. The van der Waals surface area contributed by atoms with Crippen LogP contribution in [0.15, 0.2) is 271 Å². The van der Waals surface area contributed by atoms with Crippen molar-refractivity contribution in [3.63, 3.8) is 0 Å². The van der Waals surface area contributed by atoms with Crippen molar-refractivity contribution in [3.8, 4) is 33.4 Å². The fraction of sp³-hybridized carbons (Fsp3) is 0.0411. The average molecular weight is 971 g/mol. The van der Waals surface area contributed by atoms with Gasteiger partial charge in [-0.1, -0.05) is 202 Å². The van der Waals surface area contributed by atoms with Crippen LogP contribution in [0, 0.1) is 0 Å². The molecule has 0 N–H and O–H groups in total. The van der Waals surface area contributed by atoms with E-state index in [2.05, 4.69) is 285 Å². The van der Waals surface area contributed by atoms with Gasteiger partial charge < -0.3 is 14.2 Å². The number of benzene rings is 13. The zero-order valence-corrected chi connectivity index (χ0v) is 42.2. The zero-order valence-electron chi connectivity index (χ0n) is 42.2. The van der Waals surface area contributed by atoms with Crippen LogP contribution < -0.4 is 9.80 Å². The molecule has 1 heterocycles. The summed E-state index contributed by atoms with van der Waals surface area (Å²) in [5.41, 5.74) is 17.9. The second kappa shape index (κ2) is 17.2. The van der Waals surface area contributed by atoms with Gasteiger partial charge in [-0.05, 0) is 156 Å². The van der Waals surface area contributed by atoms with E-state index in [0.29, 0.717) is 0 Å². The lowest BCUT2D eigenvalue weighted by molar-refractivity contribution is 0.660. The van der Waals surface area contributed by atoms with Crippen molar-refractivity contribution in [1.29, 1.82) is 0 Å². The summed E-state index contributed by atoms with van der Waals surface area (Å²) in [6.07, 6.45) is 0. The highest BCUT2D eigenvalue weighted by Crippen LogP contribution is 2.53. The first-order valence-corrected chi connectivity index (χ1v) is 26.3. The highest BCUT2D eigenvalue weighted by atomic mass is 16.3. The number of furan rings is 1. The van der Waals surface area contributed by atoms with E-state index >= 15 is 0 Å². The van der Waals surface area contributed by atoms with Crippen LogP contribution >= 0.6 is 0 Å². The Morgan fingerprint density at radius 3 is 1.37 bits per heavy atom. The van der Waals surface area contributed by atoms with Crippen LogP contribution in [-0.2, 0) is 5.41 Å². The molecular weight excluding hydrogens is 921 g/mol. The van der Waals surface area contributed by atoms with Gasteiger partial charge in [0.25, 0.3) is 0 Å². The lowest BCUT2D eigenvalue weighted by Gasteiger charge is -2.30. The largest absolute Gasteiger partial charge is 0.455 e. The van der Waals surface area contributed by atoms with E-state index in [1.165, 1.54) is 65.7 Å². The van der Waals surface area contributed by atoms with Crippen molar-refractivity contribution >= 4 is 99.2 Å². The van der Waals surface area contributed by atoms with Gasteiger partial charge in [0, 0.05) is 55.6 Å². The third-order valence-electron chi connectivity index (χ3n) is 16.2. The summed E-state index contributed by atoms with van der Waals surface area (Å²) < 4.78 is 6.66. The maximum atomic E-state index is 6.66. The van der Waals surface area contributed by atoms with Gasteiger partial charge in [-0.2, -0.15) is 0 Å². The van der Waals surface area contributed by atoms with Crippen molar-refractivity contribution in [2.45, 2.75) is 19.3 Å². The molecule has 3 heteroatoms. The van der Waals surface area contributed by atoms with Crippen molar-refractivity contribution in [3.05, 3.63) is 278 Å². The van der Waals surface area contributed by atoms with E-state index in [-0.39, 0.29) is 5.41 Å². The fourth-order valence-electron chi connectivity index (χ4n) is 12.6. The molecule has 0 spiro atoms. The van der Waals surface area contributed by atoms with Crippen LogP contribution in [0.5, 0.6) is 0 Å². The molecule has 15 rings (SSSR count). The second-order valence-electron chi connectivity index (χ2n) is 20.8. The Balaban J connectivity index is 0.884. The van der Waals surface area contributed by atoms with Crippen molar-refractivity contribution in [2.24, 2.45) is 0 Å². The van der Waals surface area contributed by atoms with Gasteiger partial charge in [0.05, 0.1) is 5.69 Å². The topological polar surface area (TPSA) is 19.6 Å². The van der Waals surface area contributed by atoms with Crippen molar-refractivity contribution in [1.82, 2.24) is 0 Å². The van der Waals surface area contributed by atoms with Crippen LogP contribution in [0.1, 0.15) is 25.0 Å². The third-order valence-corrected chi connectivity index (χ3v) is 16.2. The molecule has 0 amide bonds. The molecule has 13 aromatic carbocycles. The van der Waals surface area contributed by atoms with Crippen LogP contribution in [0.3, 0.4) is 0 Å².